The second-order valence-electron chi connectivity index (χ2n) is 6.53. The van der Waals surface area contributed by atoms with Crippen molar-refractivity contribution in [2.45, 2.75) is 24.3 Å². The molecule has 1 aliphatic heterocycles. The second-order valence-corrected chi connectivity index (χ2v) is 8.09. The fraction of sp³-hybridized carbons (Fsp3) is 0.200. The van der Waals surface area contributed by atoms with Crippen molar-refractivity contribution in [1.82, 2.24) is 0 Å². The zero-order valence-electron chi connectivity index (χ0n) is 15.8. The number of carbonyl (C=O) groups is 1. The van der Waals surface area contributed by atoms with E-state index in [4.69, 9.17) is 14.6 Å². The molecule has 3 rings (SSSR count). The number of ether oxygens (including phenoxy) is 2. The molecule has 0 aromatic heterocycles. The molecular formula is C20H19N3O5S. The predicted molar refractivity (Wildman–Crippen MR) is 107 cm³/mol. The van der Waals surface area contributed by atoms with Crippen LogP contribution in [0, 0.1) is 11.3 Å². The van der Waals surface area contributed by atoms with Crippen LogP contribution < -0.4 is 19.9 Å². The number of primary sulfonamides is 1. The van der Waals surface area contributed by atoms with Crippen molar-refractivity contribution in [3.8, 4) is 17.6 Å². The van der Waals surface area contributed by atoms with E-state index >= 15 is 0 Å². The first-order valence-corrected chi connectivity index (χ1v) is 10.2. The quantitative estimate of drug-likeness (QED) is 0.571. The number of nitrogens with two attached hydrogens (primary N) is 1. The van der Waals surface area contributed by atoms with Crippen LogP contribution in [0.5, 0.6) is 11.5 Å². The molecule has 0 radical (unpaired) electrons. The van der Waals surface area contributed by atoms with Crippen LogP contribution in [-0.2, 0) is 21.2 Å². The van der Waals surface area contributed by atoms with Gasteiger partial charge in [0.15, 0.2) is 0 Å². The molecule has 3 N–H and O–H groups in total. The minimum atomic E-state index is -3.83. The summed E-state index contributed by atoms with van der Waals surface area (Å²) in [6, 6.07) is 10.8. The average Bonchev–Trinajstić information content (AvgIpc) is 3.03. The average molecular weight is 413 g/mol. The van der Waals surface area contributed by atoms with E-state index in [0.29, 0.717) is 22.7 Å². The van der Waals surface area contributed by atoms with Crippen LogP contribution >= 0.6 is 0 Å². The first kappa shape index (κ1) is 20.4. The largest absolute Gasteiger partial charge is 0.496 e. The lowest BCUT2D eigenvalue weighted by Gasteiger charge is -2.09. The van der Waals surface area contributed by atoms with E-state index < -0.39 is 15.9 Å². The standard InChI is InChI=1S/C20H19N3O5S/c1-12-7-13-9-18(27-2)14(10-19(13)28-12)8-15(11-21)20(24)23-16-3-5-17(6-4-16)29(22,25)26/h3-6,8-10,12H,7H2,1-2H3,(H,23,24)(H2,22,25,26)/b15-8+. The number of sulfonamides is 1. The highest BCUT2D eigenvalue weighted by Gasteiger charge is 2.22. The van der Waals surface area contributed by atoms with Gasteiger partial charge in [-0.1, -0.05) is 0 Å². The Hall–Kier alpha value is -3.35. The maximum Gasteiger partial charge on any atom is 0.266 e. The van der Waals surface area contributed by atoms with Crippen molar-refractivity contribution in [2.75, 3.05) is 12.4 Å². The van der Waals surface area contributed by atoms with Gasteiger partial charge >= 0.3 is 0 Å². The highest BCUT2D eigenvalue weighted by Crippen LogP contribution is 2.36. The third-order valence-electron chi connectivity index (χ3n) is 4.35. The van der Waals surface area contributed by atoms with Gasteiger partial charge in [-0.05, 0) is 49.4 Å². The zero-order valence-corrected chi connectivity index (χ0v) is 16.6. The Morgan fingerprint density at radius 2 is 2.03 bits per heavy atom. The van der Waals surface area contributed by atoms with Gasteiger partial charge in [-0.2, -0.15) is 5.26 Å². The van der Waals surface area contributed by atoms with Crippen LogP contribution in [-0.4, -0.2) is 27.5 Å². The van der Waals surface area contributed by atoms with Crippen molar-refractivity contribution in [3.05, 3.63) is 53.1 Å². The summed E-state index contributed by atoms with van der Waals surface area (Å²) >= 11 is 0. The smallest absolute Gasteiger partial charge is 0.266 e. The molecule has 0 fully saturated rings. The van der Waals surface area contributed by atoms with Crippen molar-refractivity contribution in [1.29, 1.82) is 5.26 Å². The van der Waals surface area contributed by atoms with Crippen LogP contribution in [0.15, 0.2) is 46.9 Å². The van der Waals surface area contributed by atoms with E-state index in [0.717, 1.165) is 12.0 Å². The van der Waals surface area contributed by atoms with Gasteiger partial charge in [-0.3, -0.25) is 4.79 Å². The highest BCUT2D eigenvalue weighted by atomic mass is 32.2. The molecule has 1 atom stereocenters. The fourth-order valence-corrected chi connectivity index (χ4v) is 3.49. The molecule has 1 aliphatic rings. The molecule has 1 heterocycles. The van der Waals surface area contributed by atoms with Gasteiger partial charge in [-0.25, -0.2) is 13.6 Å². The van der Waals surface area contributed by atoms with Gasteiger partial charge in [0.2, 0.25) is 10.0 Å². The number of nitrogens with zero attached hydrogens (tertiary/aromatic N) is 1. The van der Waals surface area contributed by atoms with Crippen LogP contribution in [0.25, 0.3) is 6.08 Å². The molecule has 2 aromatic rings. The Morgan fingerprint density at radius 1 is 1.34 bits per heavy atom. The number of anilines is 1. The third-order valence-corrected chi connectivity index (χ3v) is 5.28. The first-order valence-electron chi connectivity index (χ1n) is 8.65. The van der Waals surface area contributed by atoms with E-state index in [1.165, 1.54) is 37.5 Å². The lowest BCUT2D eigenvalue weighted by Crippen LogP contribution is -2.14. The van der Waals surface area contributed by atoms with Crippen LogP contribution in [0.4, 0.5) is 5.69 Å². The Balaban J connectivity index is 1.86. The minimum absolute atomic E-state index is 0.0491. The molecule has 0 spiro atoms. The molecule has 1 amide bonds. The van der Waals surface area contributed by atoms with Gasteiger partial charge in [0.1, 0.15) is 29.2 Å². The third kappa shape index (κ3) is 4.56. The Labute approximate surface area is 168 Å². The number of carbonyl (C=O) groups excluding carboxylic acids is 1. The number of methoxy groups -OCH3 is 1. The fourth-order valence-electron chi connectivity index (χ4n) is 2.98. The van der Waals surface area contributed by atoms with Crippen LogP contribution in [0.2, 0.25) is 0 Å². The highest BCUT2D eigenvalue weighted by molar-refractivity contribution is 7.89. The van der Waals surface area contributed by atoms with Gasteiger partial charge in [0, 0.05) is 23.2 Å². The van der Waals surface area contributed by atoms with Gasteiger partial charge in [0.05, 0.1) is 12.0 Å². The maximum atomic E-state index is 12.5. The molecule has 9 heteroatoms. The van der Waals surface area contributed by atoms with Gasteiger partial charge < -0.3 is 14.8 Å². The number of nitriles is 1. The van der Waals surface area contributed by atoms with Crippen molar-refractivity contribution in [2.24, 2.45) is 5.14 Å². The summed E-state index contributed by atoms with van der Waals surface area (Å²) in [5.41, 5.74) is 1.72. The monoisotopic (exact) mass is 413 g/mol. The number of rotatable bonds is 5. The predicted octanol–water partition coefficient (Wildman–Crippen LogP) is 2.21. The molecule has 0 bridgehead atoms. The summed E-state index contributed by atoms with van der Waals surface area (Å²) in [5, 5.41) is 17.0. The topological polar surface area (TPSA) is 132 Å². The molecule has 2 aromatic carbocycles. The zero-order chi connectivity index (χ0) is 21.2. The number of benzene rings is 2. The number of fused-ring (bicyclic) bond motifs is 1. The number of hydrogen-bond donors (Lipinski definition) is 2. The van der Waals surface area contributed by atoms with Crippen molar-refractivity contribution < 1.29 is 22.7 Å². The van der Waals surface area contributed by atoms with Crippen LogP contribution in [0.1, 0.15) is 18.1 Å². The maximum absolute atomic E-state index is 12.5. The summed E-state index contributed by atoms with van der Waals surface area (Å²) in [5.74, 6) is 0.577. The second kappa shape index (κ2) is 7.95. The van der Waals surface area contributed by atoms with Gasteiger partial charge in [0.25, 0.3) is 5.91 Å². The van der Waals surface area contributed by atoms with Crippen LogP contribution in [0.3, 0.4) is 0 Å². The number of hydrogen-bond acceptors (Lipinski definition) is 6. The number of nitrogens with one attached hydrogen (secondary N) is 1. The molecule has 0 saturated heterocycles. The Morgan fingerprint density at radius 3 is 2.62 bits per heavy atom. The normalized spacial score (nSPS) is 15.8. The summed E-state index contributed by atoms with van der Waals surface area (Å²) in [6.07, 6.45) is 2.22. The lowest BCUT2D eigenvalue weighted by molar-refractivity contribution is -0.112. The molecular weight excluding hydrogens is 394 g/mol. The Kier molecular flexibility index (Phi) is 5.59. The lowest BCUT2D eigenvalue weighted by atomic mass is 10.0. The summed E-state index contributed by atoms with van der Waals surface area (Å²) < 4.78 is 33.7. The van der Waals surface area contributed by atoms with Crippen molar-refractivity contribution >= 4 is 27.7 Å². The SMILES string of the molecule is COc1cc2c(cc1/C=C(\C#N)C(=O)Nc1ccc(S(N)(=O)=O)cc1)OC(C)C2. The molecule has 8 nitrogen and oxygen atoms in total. The van der Waals surface area contributed by atoms with Crippen molar-refractivity contribution in [3.63, 3.8) is 0 Å². The first-order chi connectivity index (χ1) is 13.7. The van der Waals surface area contributed by atoms with E-state index in [1.807, 2.05) is 19.1 Å². The summed E-state index contributed by atoms with van der Waals surface area (Å²) in [4.78, 5) is 12.4. The molecule has 0 saturated carbocycles. The van der Waals surface area contributed by atoms with E-state index in [2.05, 4.69) is 5.32 Å². The summed E-state index contributed by atoms with van der Waals surface area (Å²) in [6.45, 7) is 1.96. The Bertz CT molecular complexity index is 1130. The minimum Gasteiger partial charge on any atom is -0.496 e. The molecule has 1 unspecified atom stereocenters. The van der Waals surface area contributed by atoms with E-state index in [1.54, 1.807) is 6.07 Å². The summed E-state index contributed by atoms with van der Waals surface area (Å²) in [7, 11) is -2.32. The molecule has 0 aliphatic carbocycles. The molecule has 29 heavy (non-hydrogen) atoms. The van der Waals surface area contributed by atoms with Gasteiger partial charge in [-0.15, -0.1) is 0 Å². The molecule has 150 valence electrons. The van der Waals surface area contributed by atoms with E-state index in [9.17, 15) is 18.5 Å². The van der Waals surface area contributed by atoms with E-state index in [-0.39, 0.29) is 16.6 Å². The number of amides is 1.